The first-order valence-electron chi connectivity index (χ1n) is 6.96. The molecule has 1 aliphatic heterocycles. The zero-order valence-corrected chi connectivity index (χ0v) is 13.5. The third kappa shape index (κ3) is 2.72. The average molecular weight is 368 g/mol. The summed E-state index contributed by atoms with van der Waals surface area (Å²) in [6, 6.07) is 6.72. The highest BCUT2D eigenvalue weighted by Crippen LogP contribution is 2.35. The van der Waals surface area contributed by atoms with Crippen molar-refractivity contribution in [3.8, 4) is 11.3 Å². The van der Waals surface area contributed by atoms with Crippen LogP contribution in [0.4, 0.5) is 9.18 Å². The first-order valence-corrected chi connectivity index (χ1v) is 7.76. The standard InChI is InChI=1S/C15H15BrFN3O2/c1-8-6-11(20(7-8)15(21)22)14-18-12(13(17)19-14)9-2-4-10(16)5-3-9/h2-5,8,11H,6-7H2,1H3,(H,18,19)(H,21,22)/t8-,11-/m0/s1. The number of carbonyl (C=O) groups is 1. The number of benzene rings is 1. The Balaban J connectivity index is 1.95. The van der Waals surface area contributed by atoms with Crippen molar-refractivity contribution in [1.29, 1.82) is 0 Å². The van der Waals surface area contributed by atoms with Crippen molar-refractivity contribution in [2.24, 2.45) is 5.92 Å². The van der Waals surface area contributed by atoms with Crippen LogP contribution in [0.3, 0.4) is 0 Å². The molecule has 1 aromatic heterocycles. The Hall–Kier alpha value is -1.89. The normalized spacial score (nSPS) is 21.3. The molecule has 1 saturated heterocycles. The minimum atomic E-state index is -1.00. The van der Waals surface area contributed by atoms with Gasteiger partial charge in [0.15, 0.2) is 0 Å². The molecule has 3 rings (SSSR count). The van der Waals surface area contributed by atoms with Crippen molar-refractivity contribution in [2.75, 3.05) is 6.54 Å². The number of nitrogens with one attached hydrogen (secondary N) is 1. The summed E-state index contributed by atoms with van der Waals surface area (Å²) in [6.07, 6.45) is -0.365. The number of aromatic nitrogens is 2. The molecule has 0 unspecified atom stereocenters. The van der Waals surface area contributed by atoms with Crippen LogP contribution in [0.2, 0.25) is 0 Å². The van der Waals surface area contributed by atoms with E-state index in [0.717, 1.165) is 4.47 Å². The van der Waals surface area contributed by atoms with Crippen LogP contribution in [0.5, 0.6) is 0 Å². The summed E-state index contributed by atoms with van der Waals surface area (Å²) < 4.78 is 15.1. The minimum Gasteiger partial charge on any atom is -0.465 e. The van der Waals surface area contributed by atoms with Gasteiger partial charge in [0.05, 0.1) is 6.04 Å². The van der Waals surface area contributed by atoms with E-state index in [0.29, 0.717) is 24.4 Å². The summed E-state index contributed by atoms with van der Waals surface area (Å²) in [5.41, 5.74) is 0.864. The minimum absolute atomic E-state index is 0.215. The van der Waals surface area contributed by atoms with E-state index in [4.69, 9.17) is 0 Å². The lowest BCUT2D eigenvalue weighted by Crippen LogP contribution is -2.29. The van der Waals surface area contributed by atoms with Gasteiger partial charge in [-0.15, -0.1) is 0 Å². The number of amides is 1. The topological polar surface area (TPSA) is 69.2 Å². The van der Waals surface area contributed by atoms with Gasteiger partial charge in [0.1, 0.15) is 11.5 Å². The molecule has 1 fully saturated rings. The molecular weight excluding hydrogens is 353 g/mol. The molecule has 0 radical (unpaired) electrons. The van der Waals surface area contributed by atoms with Gasteiger partial charge in [0.25, 0.3) is 0 Å². The number of imidazole rings is 1. The Kier molecular flexibility index (Phi) is 3.90. The zero-order chi connectivity index (χ0) is 15.9. The second-order valence-electron chi connectivity index (χ2n) is 5.58. The maximum absolute atomic E-state index is 14.2. The predicted octanol–water partition coefficient (Wildman–Crippen LogP) is 4.04. The van der Waals surface area contributed by atoms with Gasteiger partial charge in [-0.2, -0.15) is 4.39 Å². The Morgan fingerprint density at radius 2 is 2.14 bits per heavy atom. The molecule has 22 heavy (non-hydrogen) atoms. The SMILES string of the molecule is C[C@H]1C[C@@H](c2nc(-c3ccc(Br)cc3)c(F)[nH]2)N(C(=O)O)C1. The summed E-state index contributed by atoms with van der Waals surface area (Å²) in [6.45, 7) is 2.42. The first-order chi connectivity index (χ1) is 10.5. The highest BCUT2D eigenvalue weighted by molar-refractivity contribution is 9.10. The average Bonchev–Trinajstić information content (AvgIpc) is 3.03. The second-order valence-corrected chi connectivity index (χ2v) is 6.50. The van der Waals surface area contributed by atoms with Crippen LogP contribution in [0.15, 0.2) is 28.7 Å². The molecule has 0 aliphatic carbocycles. The van der Waals surface area contributed by atoms with Crippen LogP contribution < -0.4 is 0 Å². The quantitative estimate of drug-likeness (QED) is 0.841. The van der Waals surface area contributed by atoms with Crippen LogP contribution >= 0.6 is 15.9 Å². The molecule has 2 heterocycles. The monoisotopic (exact) mass is 367 g/mol. The van der Waals surface area contributed by atoms with Gasteiger partial charge in [-0.3, -0.25) is 4.90 Å². The lowest BCUT2D eigenvalue weighted by Gasteiger charge is -2.19. The van der Waals surface area contributed by atoms with E-state index in [1.54, 1.807) is 12.1 Å². The van der Waals surface area contributed by atoms with E-state index in [2.05, 4.69) is 25.9 Å². The second kappa shape index (κ2) is 5.72. The summed E-state index contributed by atoms with van der Waals surface area (Å²) in [7, 11) is 0. The van der Waals surface area contributed by atoms with Gasteiger partial charge in [0.2, 0.25) is 5.95 Å². The van der Waals surface area contributed by atoms with Gasteiger partial charge in [-0.05, 0) is 24.5 Å². The fraction of sp³-hybridized carbons (Fsp3) is 0.333. The van der Waals surface area contributed by atoms with Crippen molar-refractivity contribution in [3.05, 3.63) is 40.5 Å². The molecular formula is C15H15BrFN3O2. The van der Waals surface area contributed by atoms with Crippen LogP contribution in [0.1, 0.15) is 25.2 Å². The van der Waals surface area contributed by atoms with Crippen LogP contribution in [0, 0.1) is 11.9 Å². The molecule has 1 amide bonds. The molecule has 0 bridgehead atoms. The Morgan fingerprint density at radius 1 is 1.45 bits per heavy atom. The van der Waals surface area contributed by atoms with Gasteiger partial charge in [-0.25, -0.2) is 9.78 Å². The third-order valence-electron chi connectivity index (χ3n) is 3.87. The maximum Gasteiger partial charge on any atom is 0.407 e. The first kappa shape index (κ1) is 15.0. The van der Waals surface area contributed by atoms with Crippen molar-refractivity contribution < 1.29 is 14.3 Å². The predicted molar refractivity (Wildman–Crippen MR) is 82.9 cm³/mol. The van der Waals surface area contributed by atoms with Crippen molar-refractivity contribution >= 4 is 22.0 Å². The molecule has 1 aromatic carbocycles. The maximum atomic E-state index is 14.2. The Labute approximate surface area is 135 Å². The highest BCUT2D eigenvalue weighted by Gasteiger charge is 2.36. The fourth-order valence-electron chi connectivity index (χ4n) is 2.84. The highest BCUT2D eigenvalue weighted by atomic mass is 79.9. The number of H-pyrrole nitrogens is 1. The number of halogens is 2. The van der Waals surface area contributed by atoms with Gasteiger partial charge < -0.3 is 10.1 Å². The summed E-state index contributed by atoms with van der Waals surface area (Å²) in [5.74, 6) is 0.0507. The summed E-state index contributed by atoms with van der Waals surface area (Å²) in [5, 5.41) is 9.27. The van der Waals surface area contributed by atoms with Crippen molar-refractivity contribution in [1.82, 2.24) is 14.9 Å². The summed E-state index contributed by atoms with van der Waals surface area (Å²) in [4.78, 5) is 19.5. The van der Waals surface area contributed by atoms with Crippen LogP contribution in [0.25, 0.3) is 11.3 Å². The number of aromatic amines is 1. The van der Waals surface area contributed by atoms with Crippen LogP contribution in [-0.4, -0.2) is 32.6 Å². The number of nitrogens with zero attached hydrogens (tertiary/aromatic N) is 2. The third-order valence-corrected chi connectivity index (χ3v) is 4.40. The van der Waals surface area contributed by atoms with E-state index in [-0.39, 0.29) is 11.6 Å². The Bertz CT molecular complexity index is 701. The molecule has 5 nitrogen and oxygen atoms in total. The molecule has 0 spiro atoms. The van der Waals surface area contributed by atoms with E-state index < -0.39 is 18.1 Å². The van der Waals surface area contributed by atoms with E-state index in [1.165, 1.54) is 4.90 Å². The molecule has 0 saturated carbocycles. The van der Waals surface area contributed by atoms with Crippen molar-refractivity contribution in [2.45, 2.75) is 19.4 Å². The van der Waals surface area contributed by atoms with Gasteiger partial charge >= 0.3 is 6.09 Å². The van der Waals surface area contributed by atoms with E-state index in [9.17, 15) is 14.3 Å². The number of carboxylic acid groups (broad SMARTS) is 1. The molecule has 1 aliphatic rings. The lowest BCUT2D eigenvalue weighted by molar-refractivity contribution is 0.138. The number of hydrogen-bond donors (Lipinski definition) is 2. The van der Waals surface area contributed by atoms with Gasteiger partial charge in [-0.1, -0.05) is 35.0 Å². The number of rotatable bonds is 2. The largest absolute Gasteiger partial charge is 0.465 e. The molecule has 116 valence electrons. The van der Waals surface area contributed by atoms with Crippen molar-refractivity contribution in [3.63, 3.8) is 0 Å². The zero-order valence-electron chi connectivity index (χ0n) is 11.9. The smallest absolute Gasteiger partial charge is 0.407 e. The molecule has 2 atom stereocenters. The van der Waals surface area contributed by atoms with Crippen LogP contribution in [-0.2, 0) is 0 Å². The lowest BCUT2D eigenvalue weighted by atomic mass is 10.1. The molecule has 2 aromatic rings. The fourth-order valence-corrected chi connectivity index (χ4v) is 3.11. The van der Waals surface area contributed by atoms with Gasteiger partial charge in [0, 0.05) is 16.6 Å². The Morgan fingerprint density at radius 3 is 2.77 bits per heavy atom. The molecule has 2 N–H and O–H groups in total. The number of hydrogen-bond acceptors (Lipinski definition) is 2. The number of likely N-dealkylation sites (tertiary alicyclic amines) is 1. The van der Waals surface area contributed by atoms with E-state index in [1.807, 2.05) is 19.1 Å². The van der Waals surface area contributed by atoms with E-state index >= 15 is 0 Å². The molecule has 7 heteroatoms. The summed E-state index contributed by atoms with van der Waals surface area (Å²) >= 11 is 3.33.